The number of methoxy groups -OCH3 is 2. The normalized spacial score (nSPS) is 10.5. The van der Waals surface area contributed by atoms with Crippen LogP contribution in [-0.2, 0) is 9.47 Å². The van der Waals surface area contributed by atoms with Gasteiger partial charge in [0.15, 0.2) is 0 Å². The molecule has 0 saturated heterocycles. The fraction of sp³-hybridized carbons (Fsp3) is 0.235. The minimum Gasteiger partial charge on any atom is -0.465 e. The van der Waals surface area contributed by atoms with Crippen LogP contribution in [0.2, 0.25) is 0 Å². The second-order valence-corrected chi connectivity index (χ2v) is 7.15. The molecular formula is C17H14BrF2NO6S. The number of ether oxygens (including phenoxy) is 3. The van der Waals surface area contributed by atoms with E-state index in [-0.39, 0.29) is 32.3 Å². The minimum absolute atomic E-state index is 0.0118. The van der Waals surface area contributed by atoms with Crippen molar-refractivity contribution in [2.75, 3.05) is 19.5 Å². The highest BCUT2D eigenvalue weighted by Gasteiger charge is 2.27. The molecule has 0 radical (unpaired) electrons. The molecule has 1 heterocycles. The summed E-state index contributed by atoms with van der Waals surface area (Å²) in [6, 6.07) is 3.91. The van der Waals surface area contributed by atoms with Crippen LogP contribution in [0.5, 0.6) is 5.75 Å². The Morgan fingerprint density at radius 3 is 2.36 bits per heavy atom. The minimum atomic E-state index is -3.13. The summed E-state index contributed by atoms with van der Waals surface area (Å²) in [5.74, 6) is -2.65. The lowest BCUT2D eigenvalue weighted by molar-refractivity contribution is -0.0501. The van der Waals surface area contributed by atoms with Gasteiger partial charge < -0.3 is 19.5 Å². The summed E-state index contributed by atoms with van der Waals surface area (Å²) in [5, 5.41) is 2.46. The Morgan fingerprint density at radius 2 is 1.79 bits per heavy atom. The highest BCUT2D eigenvalue weighted by molar-refractivity contribution is 9.10. The van der Waals surface area contributed by atoms with Crippen molar-refractivity contribution in [2.45, 2.75) is 13.5 Å². The highest BCUT2D eigenvalue weighted by atomic mass is 79.9. The summed E-state index contributed by atoms with van der Waals surface area (Å²) >= 11 is 3.96. The Balaban J connectivity index is 2.48. The fourth-order valence-electron chi connectivity index (χ4n) is 2.29. The third-order valence-electron chi connectivity index (χ3n) is 3.54. The summed E-state index contributed by atoms with van der Waals surface area (Å²) in [4.78, 5) is 36.8. The molecule has 0 unspecified atom stereocenters. The molecule has 7 nitrogen and oxygen atoms in total. The number of halogens is 3. The van der Waals surface area contributed by atoms with E-state index in [9.17, 15) is 23.2 Å². The molecule has 0 atom stereocenters. The molecule has 0 saturated carbocycles. The Hall–Kier alpha value is -2.53. The smallest absolute Gasteiger partial charge is 0.387 e. The molecule has 0 aliphatic heterocycles. The molecule has 150 valence electrons. The number of nitrogens with one attached hydrogen (secondary N) is 1. The maximum Gasteiger partial charge on any atom is 0.387 e. The lowest BCUT2D eigenvalue weighted by Crippen LogP contribution is -2.16. The molecule has 11 heteroatoms. The topological polar surface area (TPSA) is 90.9 Å². The van der Waals surface area contributed by atoms with Gasteiger partial charge in [-0.15, -0.1) is 11.3 Å². The molecule has 2 aromatic rings. The molecule has 0 spiro atoms. The predicted molar refractivity (Wildman–Crippen MR) is 100 cm³/mol. The van der Waals surface area contributed by atoms with E-state index in [0.717, 1.165) is 18.4 Å². The number of hydrogen-bond acceptors (Lipinski definition) is 7. The number of anilines is 1. The van der Waals surface area contributed by atoms with E-state index in [1.54, 1.807) is 0 Å². The van der Waals surface area contributed by atoms with Crippen molar-refractivity contribution in [3.8, 4) is 5.75 Å². The van der Waals surface area contributed by atoms with Gasteiger partial charge in [-0.25, -0.2) is 9.59 Å². The largest absolute Gasteiger partial charge is 0.465 e. The van der Waals surface area contributed by atoms with E-state index in [4.69, 9.17) is 4.74 Å². The number of esters is 2. The summed E-state index contributed by atoms with van der Waals surface area (Å²) in [5.41, 5.74) is 0.0287. The van der Waals surface area contributed by atoms with Gasteiger partial charge in [0.25, 0.3) is 5.91 Å². The van der Waals surface area contributed by atoms with Crippen molar-refractivity contribution in [1.29, 1.82) is 0 Å². The molecule has 1 aromatic heterocycles. The molecule has 28 heavy (non-hydrogen) atoms. The number of rotatable bonds is 6. The third-order valence-corrected chi connectivity index (χ3v) is 5.22. The van der Waals surface area contributed by atoms with E-state index in [1.807, 2.05) is 0 Å². The van der Waals surface area contributed by atoms with Crippen molar-refractivity contribution in [2.24, 2.45) is 0 Å². The van der Waals surface area contributed by atoms with Crippen LogP contribution in [0.1, 0.15) is 36.0 Å². The van der Waals surface area contributed by atoms with Crippen LogP contribution in [0, 0.1) is 6.92 Å². The molecule has 1 N–H and O–H groups in total. The number of benzene rings is 1. The van der Waals surface area contributed by atoms with Gasteiger partial charge >= 0.3 is 18.6 Å². The number of alkyl halides is 2. The second-order valence-electron chi connectivity index (χ2n) is 5.22. The summed E-state index contributed by atoms with van der Waals surface area (Å²) < 4.78 is 39.4. The Kier molecular flexibility index (Phi) is 7.08. The van der Waals surface area contributed by atoms with Crippen LogP contribution >= 0.6 is 27.3 Å². The number of thiophene rings is 1. The summed E-state index contributed by atoms with van der Waals surface area (Å²) in [6.45, 7) is -1.64. The monoisotopic (exact) mass is 477 g/mol. The maximum absolute atomic E-state index is 12.7. The summed E-state index contributed by atoms with van der Waals surface area (Å²) in [6.07, 6.45) is 0. The molecule has 1 aromatic carbocycles. The lowest BCUT2D eigenvalue weighted by Gasteiger charge is -2.11. The first kappa shape index (κ1) is 21.8. The quantitative estimate of drug-likeness (QED) is 0.625. The number of amides is 1. The number of hydrogen-bond donors (Lipinski definition) is 1. The van der Waals surface area contributed by atoms with Gasteiger partial charge in [-0.1, -0.05) is 15.9 Å². The van der Waals surface area contributed by atoms with Crippen molar-refractivity contribution in [3.05, 3.63) is 44.2 Å². The van der Waals surface area contributed by atoms with Crippen LogP contribution in [0.4, 0.5) is 13.8 Å². The molecule has 1 amide bonds. The van der Waals surface area contributed by atoms with Crippen molar-refractivity contribution in [3.63, 3.8) is 0 Å². The van der Waals surface area contributed by atoms with Crippen LogP contribution in [0.15, 0.2) is 22.7 Å². The zero-order chi connectivity index (χ0) is 21.0. The Morgan fingerprint density at radius 1 is 1.14 bits per heavy atom. The average molecular weight is 478 g/mol. The second kappa shape index (κ2) is 9.11. The predicted octanol–water partition coefficient (Wildman–Crippen LogP) is 4.25. The third kappa shape index (κ3) is 4.65. The van der Waals surface area contributed by atoms with Crippen LogP contribution < -0.4 is 10.1 Å². The number of carbonyl (C=O) groups is 3. The SMILES string of the molecule is COC(=O)c1sc(NC(=O)c2cc(Br)ccc2OC(F)F)c(C(=O)OC)c1C. The van der Waals surface area contributed by atoms with E-state index < -0.39 is 24.5 Å². The van der Waals surface area contributed by atoms with Gasteiger partial charge in [0.05, 0.1) is 25.3 Å². The van der Waals surface area contributed by atoms with E-state index in [2.05, 4.69) is 30.7 Å². The molecule has 0 aliphatic carbocycles. The molecule has 2 rings (SSSR count). The lowest BCUT2D eigenvalue weighted by atomic mass is 10.1. The van der Waals surface area contributed by atoms with Crippen LogP contribution in [0.25, 0.3) is 0 Å². The van der Waals surface area contributed by atoms with Gasteiger partial charge in [-0.05, 0) is 30.7 Å². The van der Waals surface area contributed by atoms with Gasteiger partial charge in [0, 0.05) is 4.47 Å². The van der Waals surface area contributed by atoms with E-state index >= 15 is 0 Å². The number of carbonyl (C=O) groups excluding carboxylic acids is 3. The van der Waals surface area contributed by atoms with E-state index in [0.29, 0.717) is 4.47 Å². The van der Waals surface area contributed by atoms with E-state index in [1.165, 1.54) is 32.2 Å². The fourth-order valence-corrected chi connectivity index (χ4v) is 3.75. The van der Waals surface area contributed by atoms with Gasteiger partial charge in [0.2, 0.25) is 0 Å². The van der Waals surface area contributed by atoms with Gasteiger partial charge in [0.1, 0.15) is 15.6 Å². The first-order valence-corrected chi connectivity index (χ1v) is 9.16. The molecule has 0 aliphatic rings. The maximum atomic E-state index is 12.7. The first-order valence-electron chi connectivity index (χ1n) is 7.55. The van der Waals surface area contributed by atoms with Gasteiger partial charge in [-0.3, -0.25) is 4.79 Å². The van der Waals surface area contributed by atoms with Crippen molar-refractivity contribution >= 4 is 50.1 Å². The van der Waals surface area contributed by atoms with Crippen LogP contribution in [-0.4, -0.2) is 38.7 Å². The zero-order valence-corrected chi connectivity index (χ0v) is 17.2. The Labute approximate surface area is 170 Å². The van der Waals surface area contributed by atoms with Crippen molar-refractivity contribution < 1.29 is 37.4 Å². The zero-order valence-electron chi connectivity index (χ0n) is 14.8. The standard InChI is InChI=1S/C17H14BrF2NO6S/c1-7-11(15(23)25-2)14(28-12(7)16(24)26-3)21-13(22)9-6-8(18)4-5-10(9)27-17(19)20/h4-6,17H,1-3H3,(H,21,22). The van der Waals surface area contributed by atoms with Crippen molar-refractivity contribution in [1.82, 2.24) is 0 Å². The average Bonchev–Trinajstić information content (AvgIpc) is 2.97. The highest BCUT2D eigenvalue weighted by Crippen LogP contribution is 2.35. The molecule has 0 fully saturated rings. The van der Waals surface area contributed by atoms with Gasteiger partial charge in [-0.2, -0.15) is 8.78 Å². The summed E-state index contributed by atoms with van der Waals surface area (Å²) in [7, 11) is 2.32. The van der Waals surface area contributed by atoms with Crippen LogP contribution in [0.3, 0.4) is 0 Å². The first-order chi connectivity index (χ1) is 13.2. The molecular weight excluding hydrogens is 464 g/mol. The Bertz CT molecular complexity index is 931. The molecule has 0 bridgehead atoms.